The summed E-state index contributed by atoms with van der Waals surface area (Å²) >= 11 is 0. The summed E-state index contributed by atoms with van der Waals surface area (Å²) in [4.78, 5) is 30.6. The van der Waals surface area contributed by atoms with Gasteiger partial charge in [0.25, 0.3) is 5.91 Å². The first-order valence-electron chi connectivity index (χ1n) is 8.22. The van der Waals surface area contributed by atoms with Gasteiger partial charge in [-0.1, -0.05) is 30.3 Å². The molecule has 0 fully saturated rings. The minimum atomic E-state index is -0.343. The molecule has 1 aliphatic rings. The van der Waals surface area contributed by atoms with Gasteiger partial charge in [-0.15, -0.1) is 0 Å². The lowest BCUT2D eigenvalue weighted by Gasteiger charge is -2.24. The Morgan fingerprint density at radius 2 is 1.81 bits per heavy atom. The van der Waals surface area contributed by atoms with Crippen LogP contribution in [-0.2, 0) is 9.59 Å². The Labute approximate surface area is 149 Å². The summed E-state index contributed by atoms with van der Waals surface area (Å²) in [6.07, 6.45) is 0.506. The lowest BCUT2D eigenvalue weighted by atomic mass is 10.1. The third kappa shape index (κ3) is 2.83. The number of rotatable bonds is 3. The first-order chi connectivity index (χ1) is 12.6. The van der Waals surface area contributed by atoms with Crippen molar-refractivity contribution in [2.75, 3.05) is 17.0 Å². The second-order valence-corrected chi connectivity index (χ2v) is 5.92. The molecule has 26 heavy (non-hydrogen) atoms. The van der Waals surface area contributed by atoms with E-state index >= 15 is 0 Å². The smallest absolute Gasteiger partial charge is 0.305 e. The first-order valence-corrected chi connectivity index (χ1v) is 8.22. The zero-order chi connectivity index (χ0) is 18.1. The van der Waals surface area contributed by atoms with Crippen LogP contribution in [0.5, 0.6) is 0 Å². The highest BCUT2D eigenvalue weighted by Crippen LogP contribution is 2.23. The third-order valence-electron chi connectivity index (χ3n) is 4.15. The highest BCUT2D eigenvalue weighted by molar-refractivity contribution is 6.44. The van der Waals surface area contributed by atoms with Crippen molar-refractivity contribution in [2.24, 2.45) is 5.10 Å². The summed E-state index contributed by atoms with van der Waals surface area (Å²) in [6, 6.07) is 16.5. The fourth-order valence-electron chi connectivity index (χ4n) is 2.76. The Bertz CT molecular complexity index is 977. The van der Waals surface area contributed by atoms with Crippen LogP contribution in [0.4, 0.5) is 11.7 Å². The Morgan fingerprint density at radius 1 is 1.08 bits per heavy atom. The Kier molecular flexibility index (Phi) is 3.96. The molecule has 0 unspecified atom stereocenters. The zero-order valence-electron chi connectivity index (χ0n) is 14.1. The molecular weight excluding hydrogens is 332 g/mol. The third-order valence-corrected chi connectivity index (χ3v) is 4.15. The number of carbonyl (C=O) groups is 2. The molecular formula is C19H16N4O3. The summed E-state index contributed by atoms with van der Waals surface area (Å²) in [5.41, 5.74) is 2.20. The molecule has 0 bridgehead atoms. The van der Waals surface area contributed by atoms with E-state index in [1.165, 1.54) is 9.91 Å². The molecule has 130 valence electrons. The number of benzene rings is 2. The van der Waals surface area contributed by atoms with E-state index in [0.29, 0.717) is 22.5 Å². The van der Waals surface area contributed by atoms with E-state index in [9.17, 15) is 9.59 Å². The molecule has 7 nitrogen and oxygen atoms in total. The Morgan fingerprint density at radius 3 is 2.58 bits per heavy atom. The Hall–Kier alpha value is -3.48. The summed E-state index contributed by atoms with van der Waals surface area (Å²) in [5.74, 6) is -0.484. The molecule has 0 aliphatic carbocycles. The number of fused-ring (bicyclic) bond motifs is 1. The molecule has 2 heterocycles. The maximum Gasteiger partial charge on any atom is 0.305 e. The minimum absolute atomic E-state index is 0.141. The van der Waals surface area contributed by atoms with Gasteiger partial charge < -0.3 is 4.42 Å². The van der Waals surface area contributed by atoms with E-state index in [2.05, 4.69) is 10.1 Å². The largest absolute Gasteiger partial charge is 0.423 e. The van der Waals surface area contributed by atoms with Gasteiger partial charge in [0.15, 0.2) is 5.58 Å². The number of para-hydroxylation sites is 3. The summed E-state index contributed by atoms with van der Waals surface area (Å²) < 4.78 is 5.63. The molecule has 2 amide bonds. The van der Waals surface area contributed by atoms with Gasteiger partial charge in [-0.25, -0.2) is 5.01 Å². The van der Waals surface area contributed by atoms with Gasteiger partial charge in [0.05, 0.1) is 5.69 Å². The molecule has 2 aromatic carbocycles. The molecule has 0 saturated carbocycles. The van der Waals surface area contributed by atoms with E-state index in [0.717, 1.165) is 0 Å². The molecule has 1 aromatic heterocycles. The molecule has 0 atom stereocenters. The van der Waals surface area contributed by atoms with Crippen molar-refractivity contribution < 1.29 is 14.0 Å². The van der Waals surface area contributed by atoms with Gasteiger partial charge in [0, 0.05) is 19.9 Å². The second kappa shape index (κ2) is 6.44. The van der Waals surface area contributed by atoms with Crippen LogP contribution >= 0.6 is 0 Å². The molecule has 0 saturated heterocycles. The number of hydrogen-bond donors (Lipinski definition) is 0. The van der Waals surface area contributed by atoms with Crippen LogP contribution < -0.4 is 9.91 Å². The lowest BCUT2D eigenvalue weighted by molar-refractivity contribution is -0.118. The van der Waals surface area contributed by atoms with Gasteiger partial charge in [-0.2, -0.15) is 10.1 Å². The molecule has 7 heteroatoms. The van der Waals surface area contributed by atoms with Crippen LogP contribution in [0.3, 0.4) is 0 Å². The highest BCUT2D eigenvalue weighted by Gasteiger charge is 2.29. The van der Waals surface area contributed by atoms with Gasteiger partial charge in [-0.3, -0.25) is 14.5 Å². The number of carbonyl (C=O) groups excluding carboxylic acids is 2. The van der Waals surface area contributed by atoms with Crippen molar-refractivity contribution in [1.29, 1.82) is 0 Å². The molecule has 4 rings (SSSR count). The monoisotopic (exact) mass is 348 g/mol. The van der Waals surface area contributed by atoms with Gasteiger partial charge in [0.1, 0.15) is 11.2 Å². The van der Waals surface area contributed by atoms with Crippen LogP contribution in [0.2, 0.25) is 0 Å². The summed E-state index contributed by atoms with van der Waals surface area (Å²) in [5, 5.41) is 5.55. The molecule has 0 spiro atoms. The van der Waals surface area contributed by atoms with E-state index in [1.807, 2.05) is 36.4 Å². The highest BCUT2D eigenvalue weighted by atomic mass is 16.4. The average Bonchev–Trinajstić information content (AvgIpc) is 3.12. The van der Waals surface area contributed by atoms with Crippen molar-refractivity contribution in [1.82, 2.24) is 4.98 Å². The molecule has 0 radical (unpaired) electrons. The number of hydrogen-bond acceptors (Lipinski definition) is 5. The predicted molar refractivity (Wildman–Crippen MR) is 98.0 cm³/mol. The number of nitrogens with zero attached hydrogens (tertiary/aromatic N) is 4. The minimum Gasteiger partial charge on any atom is -0.423 e. The standard InChI is InChI=1S/C19H16N4O3/c1-22(19-20-14-9-5-6-10-16(14)26-19)18(25)15-11-12-17(24)23(21-15)13-7-3-2-4-8-13/h2-10H,11-12H2,1H3. The number of aromatic nitrogens is 1. The zero-order valence-corrected chi connectivity index (χ0v) is 14.1. The fourth-order valence-corrected chi connectivity index (χ4v) is 2.76. The number of anilines is 2. The number of amides is 2. The van der Waals surface area contributed by atoms with Crippen molar-refractivity contribution in [3.05, 3.63) is 54.6 Å². The van der Waals surface area contributed by atoms with Gasteiger partial charge in [0.2, 0.25) is 5.91 Å². The first kappa shape index (κ1) is 16.0. The summed E-state index contributed by atoms with van der Waals surface area (Å²) in [7, 11) is 1.58. The lowest BCUT2D eigenvalue weighted by Crippen LogP contribution is -2.40. The maximum atomic E-state index is 12.8. The molecule has 1 aliphatic heterocycles. The van der Waals surface area contributed by atoms with Crippen molar-refractivity contribution in [2.45, 2.75) is 12.8 Å². The topological polar surface area (TPSA) is 79.0 Å². The van der Waals surface area contributed by atoms with Crippen molar-refractivity contribution in [3.63, 3.8) is 0 Å². The number of oxazole rings is 1. The van der Waals surface area contributed by atoms with E-state index in [-0.39, 0.29) is 30.7 Å². The predicted octanol–water partition coefficient (Wildman–Crippen LogP) is 2.97. The van der Waals surface area contributed by atoms with Crippen LogP contribution in [0.1, 0.15) is 12.8 Å². The van der Waals surface area contributed by atoms with Crippen LogP contribution in [0.25, 0.3) is 11.1 Å². The van der Waals surface area contributed by atoms with E-state index < -0.39 is 0 Å². The van der Waals surface area contributed by atoms with E-state index in [1.54, 1.807) is 25.2 Å². The maximum absolute atomic E-state index is 12.8. The summed E-state index contributed by atoms with van der Waals surface area (Å²) in [6.45, 7) is 0. The van der Waals surface area contributed by atoms with Gasteiger partial charge in [-0.05, 0) is 24.3 Å². The SMILES string of the molecule is CN(C(=O)C1=NN(c2ccccc2)C(=O)CC1)c1nc2ccccc2o1. The van der Waals surface area contributed by atoms with Crippen molar-refractivity contribution >= 4 is 40.3 Å². The molecule has 0 N–H and O–H groups in total. The molecule has 3 aromatic rings. The fraction of sp³-hybridized carbons (Fsp3) is 0.158. The number of hydrazone groups is 1. The second-order valence-electron chi connectivity index (χ2n) is 5.92. The Balaban J connectivity index is 1.63. The van der Waals surface area contributed by atoms with Crippen LogP contribution in [0, 0.1) is 0 Å². The average molecular weight is 348 g/mol. The normalized spacial score (nSPS) is 14.4. The van der Waals surface area contributed by atoms with Crippen LogP contribution in [-0.4, -0.2) is 29.6 Å². The van der Waals surface area contributed by atoms with Gasteiger partial charge >= 0.3 is 6.01 Å². The quantitative estimate of drug-likeness (QED) is 0.729. The van der Waals surface area contributed by atoms with E-state index in [4.69, 9.17) is 4.42 Å². The van der Waals surface area contributed by atoms with Crippen LogP contribution in [0.15, 0.2) is 64.1 Å². The van der Waals surface area contributed by atoms with Crippen molar-refractivity contribution in [3.8, 4) is 0 Å².